The molecule has 0 aromatic heterocycles. The Morgan fingerprint density at radius 2 is 2.04 bits per heavy atom. The van der Waals surface area contributed by atoms with Crippen molar-refractivity contribution in [3.05, 3.63) is 48.0 Å². The van der Waals surface area contributed by atoms with Gasteiger partial charge in [-0.1, -0.05) is 42.8 Å². The average molecular weight is 318 g/mol. The van der Waals surface area contributed by atoms with Crippen LogP contribution < -0.4 is 0 Å². The van der Waals surface area contributed by atoms with Crippen molar-refractivity contribution in [2.75, 3.05) is 6.61 Å². The maximum absolute atomic E-state index is 10.4. The van der Waals surface area contributed by atoms with E-state index in [1.165, 1.54) is 11.6 Å². The molecule has 0 unspecified atom stereocenters. The fourth-order valence-corrected chi connectivity index (χ4v) is 2.90. The second-order valence-electron chi connectivity index (χ2n) is 6.45. The number of carbonyl (C=O) groups is 1. The maximum atomic E-state index is 10.4. The van der Waals surface area contributed by atoms with Crippen LogP contribution in [0, 0.1) is 5.92 Å². The van der Waals surface area contributed by atoms with Crippen LogP contribution >= 0.6 is 0 Å². The van der Waals surface area contributed by atoms with Crippen LogP contribution in [0.1, 0.15) is 51.2 Å². The lowest BCUT2D eigenvalue weighted by Gasteiger charge is -2.41. The van der Waals surface area contributed by atoms with Gasteiger partial charge in [-0.25, -0.2) is 4.79 Å². The van der Waals surface area contributed by atoms with Gasteiger partial charge in [-0.05, 0) is 38.7 Å². The van der Waals surface area contributed by atoms with Crippen LogP contribution in [0.25, 0.3) is 0 Å². The summed E-state index contributed by atoms with van der Waals surface area (Å²) in [5.74, 6) is -1.11. The maximum Gasteiger partial charge on any atom is 0.327 e. The first kappa shape index (κ1) is 17.7. The summed E-state index contributed by atoms with van der Waals surface area (Å²) in [7, 11) is 0. The first-order valence-corrected chi connectivity index (χ1v) is 8.24. The molecule has 0 bridgehead atoms. The molecule has 0 aliphatic carbocycles. The third-order valence-corrected chi connectivity index (χ3v) is 4.07. The molecule has 1 heterocycles. The molecule has 2 atom stereocenters. The minimum absolute atomic E-state index is 0.0505. The van der Waals surface area contributed by atoms with Crippen molar-refractivity contribution in [2.24, 2.45) is 5.92 Å². The van der Waals surface area contributed by atoms with Crippen LogP contribution in [0.5, 0.6) is 0 Å². The third-order valence-electron chi connectivity index (χ3n) is 4.07. The monoisotopic (exact) mass is 318 g/mol. The SMILES string of the molecule is CC1(C)OC[C@@H](CCCC/C=C\C(=O)O)[C@@H](c2ccccc2)O1. The number of hydrogen-bond donors (Lipinski definition) is 1. The van der Waals surface area contributed by atoms with Crippen LogP contribution in [0.15, 0.2) is 42.5 Å². The van der Waals surface area contributed by atoms with Gasteiger partial charge in [0, 0.05) is 12.0 Å². The Hall–Kier alpha value is -1.65. The lowest BCUT2D eigenvalue weighted by Crippen LogP contribution is -2.41. The van der Waals surface area contributed by atoms with Gasteiger partial charge in [-0.3, -0.25) is 0 Å². The predicted molar refractivity (Wildman–Crippen MR) is 89.0 cm³/mol. The van der Waals surface area contributed by atoms with E-state index in [4.69, 9.17) is 14.6 Å². The minimum Gasteiger partial charge on any atom is -0.478 e. The van der Waals surface area contributed by atoms with Gasteiger partial charge in [0.1, 0.15) is 0 Å². The predicted octanol–water partition coefficient (Wildman–Crippen LogP) is 4.33. The normalized spacial score (nSPS) is 23.9. The second-order valence-corrected chi connectivity index (χ2v) is 6.45. The summed E-state index contributed by atoms with van der Waals surface area (Å²) in [6.07, 6.45) is 6.79. The Balaban J connectivity index is 1.89. The molecular formula is C19H26O4. The number of carboxylic acids is 1. The molecular weight excluding hydrogens is 292 g/mol. The van der Waals surface area contributed by atoms with Crippen molar-refractivity contribution in [3.63, 3.8) is 0 Å². The smallest absolute Gasteiger partial charge is 0.327 e. The van der Waals surface area contributed by atoms with E-state index in [9.17, 15) is 4.79 Å². The molecule has 1 N–H and O–H groups in total. The Morgan fingerprint density at radius 1 is 1.30 bits per heavy atom. The molecule has 1 saturated heterocycles. The summed E-state index contributed by atoms with van der Waals surface area (Å²) in [5, 5.41) is 8.56. The van der Waals surface area contributed by atoms with Crippen LogP contribution in [0.3, 0.4) is 0 Å². The second kappa shape index (κ2) is 8.27. The first-order chi connectivity index (χ1) is 11.0. The summed E-state index contributed by atoms with van der Waals surface area (Å²) in [5.41, 5.74) is 1.19. The molecule has 0 amide bonds. The van der Waals surface area contributed by atoms with E-state index in [0.717, 1.165) is 25.7 Å². The van der Waals surface area contributed by atoms with E-state index >= 15 is 0 Å². The Labute approximate surface area is 138 Å². The summed E-state index contributed by atoms with van der Waals surface area (Å²) in [6.45, 7) is 4.60. The number of hydrogen-bond acceptors (Lipinski definition) is 3. The van der Waals surface area contributed by atoms with Crippen LogP contribution in [0.2, 0.25) is 0 Å². The average Bonchev–Trinajstić information content (AvgIpc) is 2.52. The topological polar surface area (TPSA) is 55.8 Å². The molecule has 2 rings (SSSR count). The number of ether oxygens (including phenoxy) is 2. The van der Waals surface area contributed by atoms with Crippen molar-refractivity contribution in [1.29, 1.82) is 0 Å². The van der Waals surface area contributed by atoms with Crippen LogP contribution in [-0.4, -0.2) is 23.5 Å². The largest absolute Gasteiger partial charge is 0.478 e. The zero-order valence-electron chi connectivity index (χ0n) is 13.9. The Bertz CT molecular complexity index is 521. The van der Waals surface area contributed by atoms with Gasteiger partial charge in [-0.15, -0.1) is 0 Å². The lowest BCUT2D eigenvalue weighted by atomic mass is 9.90. The molecule has 1 aliphatic heterocycles. The fourth-order valence-electron chi connectivity index (χ4n) is 2.90. The van der Waals surface area contributed by atoms with E-state index in [2.05, 4.69) is 12.1 Å². The van der Waals surface area contributed by atoms with Crippen molar-refractivity contribution in [3.8, 4) is 0 Å². The van der Waals surface area contributed by atoms with E-state index in [-0.39, 0.29) is 6.10 Å². The number of rotatable bonds is 7. The molecule has 0 spiro atoms. The van der Waals surface area contributed by atoms with Gasteiger partial charge in [0.2, 0.25) is 0 Å². The molecule has 0 radical (unpaired) electrons. The lowest BCUT2D eigenvalue weighted by molar-refractivity contribution is -0.296. The van der Waals surface area contributed by atoms with E-state index < -0.39 is 11.8 Å². The first-order valence-electron chi connectivity index (χ1n) is 8.24. The highest BCUT2D eigenvalue weighted by molar-refractivity contribution is 5.79. The third kappa shape index (κ3) is 5.81. The summed E-state index contributed by atoms with van der Waals surface area (Å²) in [6, 6.07) is 10.3. The molecule has 4 nitrogen and oxygen atoms in total. The summed E-state index contributed by atoms with van der Waals surface area (Å²) >= 11 is 0. The van der Waals surface area contributed by atoms with Crippen molar-refractivity contribution < 1.29 is 19.4 Å². The summed E-state index contributed by atoms with van der Waals surface area (Å²) < 4.78 is 12.0. The molecule has 1 aliphatic rings. The number of unbranched alkanes of at least 4 members (excludes halogenated alkanes) is 2. The van der Waals surface area contributed by atoms with Crippen molar-refractivity contribution in [1.82, 2.24) is 0 Å². The Morgan fingerprint density at radius 3 is 2.74 bits per heavy atom. The van der Waals surface area contributed by atoms with Crippen molar-refractivity contribution in [2.45, 2.75) is 51.4 Å². The van der Waals surface area contributed by atoms with Gasteiger partial charge in [0.05, 0.1) is 12.7 Å². The van der Waals surface area contributed by atoms with E-state index in [1.807, 2.05) is 32.0 Å². The molecule has 1 fully saturated rings. The summed E-state index contributed by atoms with van der Waals surface area (Å²) in [4.78, 5) is 10.4. The molecule has 126 valence electrons. The highest BCUT2D eigenvalue weighted by Gasteiger charge is 2.36. The van der Waals surface area contributed by atoms with Crippen LogP contribution in [-0.2, 0) is 14.3 Å². The Kier molecular flexibility index (Phi) is 6.37. The van der Waals surface area contributed by atoms with Crippen molar-refractivity contribution >= 4 is 5.97 Å². The molecule has 0 saturated carbocycles. The molecule has 1 aromatic carbocycles. The minimum atomic E-state index is -0.884. The van der Waals surface area contributed by atoms with Gasteiger partial charge < -0.3 is 14.6 Å². The highest BCUT2D eigenvalue weighted by Crippen LogP contribution is 2.38. The quantitative estimate of drug-likeness (QED) is 0.600. The van der Waals surface area contributed by atoms with E-state index in [1.54, 1.807) is 6.08 Å². The standard InChI is InChI=1S/C19H26O4/c1-19(2)22-14-16(12-6-3-4-9-13-17(20)21)18(23-19)15-10-7-5-8-11-15/h5,7-11,13,16,18H,3-4,6,12,14H2,1-2H3,(H,20,21)/b13-9-/t16-,18-/m1/s1. The molecule has 1 aromatic rings. The van der Waals surface area contributed by atoms with Gasteiger partial charge in [-0.2, -0.15) is 0 Å². The molecule has 23 heavy (non-hydrogen) atoms. The number of carboxylic acid groups (broad SMARTS) is 1. The number of allylic oxidation sites excluding steroid dienone is 1. The van der Waals surface area contributed by atoms with Crippen LogP contribution in [0.4, 0.5) is 0 Å². The zero-order valence-corrected chi connectivity index (χ0v) is 13.9. The van der Waals surface area contributed by atoms with E-state index in [0.29, 0.717) is 12.5 Å². The van der Waals surface area contributed by atoms with Gasteiger partial charge in [0.25, 0.3) is 0 Å². The van der Waals surface area contributed by atoms with Gasteiger partial charge in [0.15, 0.2) is 5.79 Å². The number of benzene rings is 1. The molecule has 4 heteroatoms. The number of aliphatic carboxylic acids is 1. The highest BCUT2D eigenvalue weighted by atomic mass is 16.7. The van der Waals surface area contributed by atoms with Gasteiger partial charge >= 0.3 is 5.97 Å². The fraction of sp³-hybridized carbons (Fsp3) is 0.526. The zero-order chi connectivity index (χ0) is 16.7.